The van der Waals surface area contributed by atoms with Gasteiger partial charge in [0.2, 0.25) is 0 Å². The summed E-state index contributed by atoms with van der Waals surface area (Å²) in [6.45, 7) is 4.05. The first-order chi connectivity index (χ1) is 10.5. The number of nitrogens with zero attached hydrogens (tertiary/aromatic N) is 1. The molecule has 1 amide bonds. The normalized spacial score (nSPS) is 17.2. The van der Waals surface area contributed by atoms with Crippen LogP contribution in [0.5, 0.6) is 11.5 Å². The van der Waals surface area contributed by atoms with Crippen LogP contribution in [-0.2, 0) is 6.42 Å². The van der Waals surface area contributed by atoms with Gasteiger partial charge in [0.1, 0.15) is 11.5 Å². The number of hydrogen-bond acceptors (Lipinski definition) is 3. The Bertz CT molecular complexity index is 739. The van der Waals surface area contributed by atoms with Gasteiger partial charge < -0.3 is 15.1 Å². The molecule has 2 aromatic carbocycles. The molecule has 1 heterocycles. The molecule has 0 saturated heterocycles. The third-order valence-corrected chi connectivity index (χ3v) is 4.20. The monoisotopic (exact) mass is 297 g/mol. The molecule has 1 atom stereocenters. The van der Waals surface area contributed by atoms with Gasteiger partial charge in [-0.1, -0.05) is 17.7 Å². The number of amides is 1. The summed E-state index contributed by atoms with van der Waals surface area (Å²) >= 11 is 0. The highest BCUT2D eigenvalue weighted by Gasteiger charge is 2.30. The molecule has 4 nitrogen and oxygen atoms in total. The second kappa shape index (κ2) is 5.37. The van der Waals surface area contributed by atoms with E-state index in [1.165, 1.54) is 23.8 Å². The Morgan fingerprint density at radius 3 is 2.68 bits per heavy atom. The Morgan fingerprint density at radius 2 is 1.95 bits per heavy atom. The van der Waals surface area contributed by atoms with E-state index in [0.717, 1.165) is 24.1 Å². The molecule has 0 radical (unpaired) electrons. The van der Waals surface area contributed by atoms with Crippen LogP contribution in [0.2, 0.25) is 0 Å². The van der Waals surface area contributed by atoms with Crippen LogP contribution in [-0.4, -0.2) is 22.2 Å². The summed E-state index contributed by atoms with van der Waals surface area (Å²) < 4.78 is 0. The van der Waals surface area contributed by atoms with E-state index < -0.39 is 0 Å². The number of aromatic hydroxyl groups is 2. The minimum absolute atomic E-state index is 0.0585. The first kappa shape index (κ1) is 14.4. The van der Waals surface area contributed by atoms with Gasteiger partial charge in [0.15, 0.2) is 0 Å². The number of aryl methyl sites for hydroxylation is 2. The van der Waals surface area contributed by atoms with Crippen LogP contribution < -0.4 is 4.90 Å². The zero-order valence-electron chi connectivity index (χ0n) is 12.7. The topological polar surface area (TPSA) is 60.8 Å². The SMILES string of the molecule is Cc1ccc2c(c1)CC[C@@H](C)N2C(=O)c1ccc(O)cc1O. The number of fused-ring (bicyclic) bond motifs is 1. The predicted octanol–water partition coefficient (Wildman–Crippen LogP) is 3.39. The lowest BCUT2D eigenvalue weighted by Gasteiger charge is -2.35. The van der Waals surface area contributed by atoms with Crippen molar-refractivity contribution in [3.63, 3.8) is 0 Å². The van der Waals surface area contributed by atoms with Gasteiger partial charge >= 0.3 is 0 Å². The van der Waals surface area contributed by atoms with Crippen molar-refractivity contribution in [2.24, 2.45) is 0 Å². The Morgan fingerprint density at radius 1 is 1.18 bits per heavy atom. The largest absolute Gasteiger partial charge is 0.508 e. The van der Waals surface area contributed by atoms with Crippen molar-refractivity contribution >= 4 is 11.6 Å². The number of phenolic OH excluding ortho intramolecular Hbond substituents is 2. The molecule has 1 aliphatic rings. The second-order valence-corrected chi connectivity index (χ2v) is 5.90. The van der Waals surface area contributed by atoms with Gasteiger partial charge in [-0.25, -0.2) is 0 Å². The highest BCUT2D eigenvalue weighted by Crippen LogP contribution is 2.34. The van der Waals surface area contributed by atoms with Crippen molar-refractivity contribution in [2.75, 3.05) is 4.90 Å². The number of phenols is 2. The first-order valence-electron chi connectivity index (χ1n) is 7.42. The van der Waals surface area contributed by atoms with E-state index in [1.54, 1.807) is 4.90 Å². The third-order valence-electron chi connectivity index (χ3n) is 4.20. The smallest absolute Gasteiger partial charge is 0.262 e. The molecule has 22 heavy (non-hydrogen) atoms. The highest BCUT2D eigenvalue weighted by molar-refractivity contribution is 6.08. The van der Waals surface area contributed by atoms with Crippen LogP contribution in [0, 0.1) is 6.92 Å². The summed E-state index contributed by atoms with van der Waals surface area (Å²) in [5, 5.41) is 19.3. The number of benzene rings is 2. The van der Waals surface area contributed by atoms with Crippen LogP contribution in [0.4, 0.5) is 5.69 Å². The van der Waals surface area contributed by atoms with Crippen LogP contribution in [0.25, 0.3) is 0 Å². The summed E-state index contributed by atoms with van der Waals surface area (Å²) in [7, 11) is 0. The Labute approximate surface area is 129 Å². The maximum Gasteiger partial charge on any atom is 0.262 e. The molecular formula is C18H19NO3. The van der Waals surface area contributed by atoms with Gasteiger partial charge in [0.05, 0.1) is 5.56 Å². The van der Waals surface area contributed by atoms with E-state index in [2.05, 4.69) is 6.07 Å². The molecular weight excluding hydrogens is 278 g/mol. The van der Waals surface area contributed by atoms with E-state index in [-0.39, 0.29) is 29.0 Å². The lowest BCUT2D eigenvalue weighted by atomic mass is 9.94. The molecule has 1 aliphatic heterocycles. The third kappa shape index (κ3) is 2.41. The highest BCUT2D eigenvalue weighted by atomic mass is 16.3. The van der Waals surface area contributed by atoms with Crippen LogP contribution in [0.15, 0.2) is 36.4 Å². The van der Waals surface area contributed by atoms with Gasteiger partial charge in [0.25, 0.3) is 5.91 Å². The molecule has 0 fully saturated rings. The lowest BCUT2D eigenvalue weighted by Crippen LogP contribution is -2.42. The van der Waals surface area contributed by atoms with Gasteiger partial charge in [-0.15, -0.1) is 0 Å². The summed E-state index contributed by atoms with van der Waals surface area (Å²) in [4.78, 5) is 14.6. The molecule has 0 aromatic heterocycles. The number of anilines is 1. The second-order valence-electron chi connectivity index (χ2n) is 5.90. The zero-order valence-corrected chi connectivity index (χ0v) is 12.7. The standard InChI is InChI=1S/C18H19NO3/c1-11-3-8-16-13(9-11)5-4-12(2)19(16)18(22)15-7-6-14(20)10-17(15)21/h3,6-10,12,20-21H,4-5H2,1-2H3/t12-/m1/s1. The molecule has 114 valence electrons. The summed E-state index contributed by atoms with van der Waals surface area (Å²) in [5.41, 5.74) is 3.44. The molecule has 2 N–H and O–H groups in total. The van der Waals surface area contributed by atoms with Crippen molar-refractivity contribution in [3.8, 4) is 11.5 Å². The molecule has 0 saturated carbocycles. The lowest BCUT2D eigenvalue weighted by molar-refractivity contribution is 0.0972. The molecule has 2 aromatic rings. The molecule has 0 bridgehead atoms. The zero-order chi connectivity index (χ0) is 15.9. The van der Waals surface area contributed by atoms with Gasteiger partial charge in [-0.05, 0) is 50.5 Å². The molecule has 3 rings (SSSR count). The minimum atomic E-state index is -0.241. The summed E-state index contributed by atoms with van der Waals surface area (Å²) in [5.74, 6) is -0.497. The summed E-state index contributed by atoms with van der Waals surface area (Å²) in [6.07, 6.45) is 1.84. The van der Waals surface area contributed by atoms with Crippen molar-refractivity contribution in [3.05, 3.63) is 53.1 Å². The maximum absolute atomic E-state index is 12.9. The first-order valence-corrected chi connectivity index (χ1v) is 7.42. The van der Waals surface area contributed by atoms with Crippen LogP contribution in [0.3, 0.4) is 0 Å². The van der Waals surface area contributed by atoms with E-state index in [4.69, 9.17) is 0 Å². The number of carbonyl (C=O) groups is 1. The number of rotatable bonds is 1. The quantitative estimate of drug-likeness (QED) is 0.848. The maximum atomic E-state index is 12.9. The van der Waals surface area contributed by atoms with Crippen molar-refractivity contribution in [1.29, 1.82) is 0 Å². The minimum Gasteiger partial charge on any atom is -0.508 e. The average molecular weight is 297 g/mol. The van der Waals surface area contributed by atoms with Crippen molar-refractivity contribution < 1.29 is 15.0 Å². The average Bonchev–Trinajstić information content (AvgIpc) is 2.47. The van der Waals surface area contributed by atoms with Crippen molar-refractivity contribution in [1.82, 2.24) is 0 Å². The molecule has 0 aliphatic carbocycles. The predicted molar refractivity (Wildman–Crippen MR) is 85.5 cm³/mol. The Balaban J connectivity index is 2.05. The number of hydrogen-bond donors (Lipinski definition) is 2. The molecule has 0 unspecified atom stereocenters. The summed E-state index contributed by atoms with van der Waals surface area (Å²) in [6, 6.07) is 10.2. The molecule has 0 spiro atoms. The fourth-order valence-corrected chi connectivity index (χ4v) is 3.02. The van der Waals surface area contributed by atoms with Gasteiger partial charge in [0, 0.05) is 17.8 Å². The van der Waals surface area contributed by atoms with Gasteiger partial charge in [-0.3, -0.25) is 4.79 Å². The number of carbonyl (C=O) groups excluding carboxylic acids is 1. The van der Waals surface area contributed by atoms with E-state index in [9.17, 15) is 15.0 Å². The van der Waals surface area contributed by atoms with E-state index in [1.807, 2.05) is 26.0 Å². The fourth-order valence-electron chi connectivity index (χ4n) is 3.02. The van der Waals surface area contributed by atoms with Gasteiger partial charge in [-0.2, -0.15) is 0 Å². The van der Waals surface area contributed by atoms with E-state index in [0.29, 0.717) is 0 Å². The Hall–Kier alpha value is -2.49. The van der Waals surface area contributed by atoms with Crippen LogP contribution >= 0.6 is 0 Å². The Kier molecular flexibility index (Phi) is 3.53. The molecule has 4 heteroatoms. The fraction of sp³-hybridized carbons (Fsp3) is 0.278. The van der Waals surface area contributed by atoms with Crippen molar-refractivity contribution in [2.45, 2.75) is 32.7 Å². The van der Waals surface area contributed by atoms with Crippen LogP contribution in [0.1, 0.15) is 34.8 Å². The van der Waals surface area contributed by atoms with E-state index >= 15 is 0 Å².